The van der Waals surface area contributed by atoms with Crippen molar-refractivity contribution in [2.24, 2.45) is 5.92 Å². The van der Waals surface area contributed by atoms with E-state index in [1.165, 1.54) is 0 Å². The molecule has 0 aromatic heterocycles. The Morgan fingerprint density at radius 1 is 1.09 bits per heavy atom. The first kappa shape index (κ1) is 15.1. The van der Waals surface area contributed by atoms with Gasteiger partial charge in [-0.1, -0.05) is 6.92 Å². The van der Waals surface area contributed by atoms with Crippen LogP contribution in [-0.4, -0.2) is 38.3 Å². The summed E-state index contributed by atoms with van der Waals surface area (Å²) in [5.74, 6) is 0.580. The summed E-state index contributed by atoms with van der Waals surface area (Å²) >= 11 is 0. The minimum absolute atomic E-state index is 0.164. The van der Waals surface area contributed by atoms with E-state index in [9.17, 15) is 13.2 Å². The first-order chi connectivity index (χ1) is 11.0. The minimum atomic E-state index is -3.43. The van der Waals surface area contributed by atoms with Crippen LogP contribution < -0.4 is 4.90 Å². The van der Waals surface area contributed by atoms with Crippen molar-refractivity contribution in [1.29, 1.82) is 0 Å². The SMILES string of the molecule is C[C@@H]1CCCN(S(=O)(=O)c2cc3c4c(c2)CCN4C(=O)CC3)C1. The molecule has 1 aromatic carbocycles. The highest BCUT2D eigenvalue weighted by molar-refractivity contribution is 7.89. The van der Waals surface area contributed by atoms with Crippen molar-refractivity contribution in [3.63, 3.8) is 0 Å². The molecular weight excluding hydrogens is 312 g/mol. The molecule has 1 atom stereocenters. The zero-order valence-electron chi connectivity index (χ0n) is 13.4. The van der Waals surface area contributed by atoms with Crippen molar-refractivity contribution < 1.29 is 13.2 Å². The van der Waals surface area contributed by atoms with Crippen LogP contribution in [0.3, 0.4) is 0 Å². The van der Waals surface area contributed by atoms with E-state index in [4.69, 9.17) is 0 Å². The Morgan fingerprint density at radius 2 is 1.83 bits per heavy atom. The molecule has 0 spiro atoms. The van der Waals surface area contributed by atoms with E-state index in [2.05, 4.69) is 6.92 Å². The number of hydrogen-bond donors (Lipinski definition) is 0. The molecule has 0 saturated carbocycles. The summed E-state index contributed by atoms with van der Waals surface area (Å²) in [6.07, 6.45) is 3.92. The van der Waals surface area contributed by atoms with Crippen LogP contribution >= 0.6 is 0 Å². The first-order valence-electron chi connectivity index (χ1n) is 8.43. The fourth-order valence-corrected chi connectivity index (χ4v) is 5.79. The van der Waals surface area contributed by atoms with E-state index in [1.54, 1.807) is 16.4 Å². The van der Waals surface area contributed by atoms with Crippen LogP contribution in [0.25, 0.3) is 0 Å². The average Bonchev–Trinajstić information content (AvgIpc) is 2.96. The van der Waals surface area contributed by atoms with E-state index < -0.39 is 10.0 Å². The number of hydrogen-bond acceptors (Lipinski definition) is 3. The van der Waals surface area contributed by atoms with Crippen molar-refractivity contribution in [2.45, 2.75) is 43.9 Å². The van der Waals surface area contributed by atoms with Gasteiger partial charge in [0.25, 0.3) is 0 Å². The molecule has 0 radical (unpaired) electrons. The minimum Gasteiger partial charge on any atom is -0.312 e. The second-order valence-corrected chi connectivity index (χ2v) is 8.93. The number of amides is 1. The lowest BCUT2D eigenvalue weighted by molar-refractivity contribution is -0.118. The Hall–Kier alpha value is -1.40. The monoisotopic (exact) mass is 334 g/mol. The number of anilines is 1. The van der Waals surface area contributed by atoms with Crippen LogP contribution in [0.1, 0.15) is 37.3 Å². The Labute approximate surface area is 137 Å². The zero-order chi connectivity index (χ0) is 16.2. The molecule has 0 aliphatic carbocycles. The highest BCUT2D eigenvalue weighted by Crippen LogP contribution is 2.39. The van der Waals surface area contributed by atoms with Crippen LogP contribution in [0.5, 0.6) is 0 Å². The van der Waals surface area contributed by atoms with Crippen LogP contribution in [0.2, 0.25) is 0 Å². The number of rotatable bonds is 2. The van der Waals surface area contributed by atoms with Gasteiger partial charge in [-0.25, -0.2) is 8.42 Å². The lowest BCUT2D eigenvalue weighted by Crippen LogP contribution is -2.39. The molecule has 3 aliphatic rings. The predicted octanol–water partition coefficient (Wildman–Crippen LogP) is 1.94. The number of nitrogens with zero attached hydrogens (tertiary/aromatic N) is 2. The zero-order valence-corrected chi connectivity index (χ0v) is 14.2. The van der Waals surface area contributed by atoms with Gasteiger partial charge in [0.2, 0.25) is 15.9 Å². The maximum absolute atomic E-state index is 13.0. The molecule has 1 saturated heterocycles. The van der Waals surface area contributed by atoms with E-state index in [-0.39, 0.29) is 5.91 Å². The normalized spacial score (nSPS) is 24.8. The molecule has 23 heavy (non-hydrogen) atoms. The standard InChI is InChI=1S/C17H22N2O3S/c1-12-3-2-7-18(11-12)23(21,22)15-9-13-4-5-16(20)19-8-6-14(10-15)17(13)19/h9-10,12H,2-8,11H2,1H3/t12-/m1/s1. The number of carbonyl (C=O) groups excluding carboxylic acids is 1. The summed E-state index contributed by atoms with van der Waals surface area (Å²) in [5, 5.41) is 0. The lowest BCUT2D eigenvalue weighted by atomic mass is 10.00. The molecule has 1 aromatic rings. The highest BCUT2D eigenvalue weighted by atomic mass is 32.2. The van der Waals surface area contributed by atoms with E-state index in [0.717, 1.165) is 36.1 Å². The summed E-state index contributed by atoms with van der Waals surface area (Å²) in [4.78, 5) is 14.2. The smallest absolute Gasteiger partial charge is 0.243 e. The number of carbonyl (C=O) groups is 1. The summed E-state index contributed by atoms with van der Waals surface area (Å²) < 4.78 is 27.7. The summed E-state index contributed by atoms with van der Waals surface area (Å²) in [6.45, 7) is 4.02. The van der Waals surface area contributed by atoms with Crippen LogP contribution in [0, 0.1) is 5.92 Å². The maximum atomic E-state index is 13.0. The Morgan fingerprint density at radius 3 is 2.57 bits per heavy atom. The number of piperidine rings is 1. The highest BCUT2D eigenvalue weighted by Gasteiger charge is 2.35. The van der Waals surface area contributed by atoms with Gasteiger partial charge >= 0.3 is 0 Å². The first-order valence-corrected chi connectivity index (χ1v) is 9.87. The van der Waals surface area contributed by atoms with Crippen molar-refractivity contribution in [1.82, 2.24) is 4.31 Å². The van der Waals surface area contributed by atoms with Gasteiger partial charge in [-0.2, -0.15) is 4.31 Å². The van der Waals surface area contributed by atoms with Crippen LogP contribution in [0.15, 0.2) is 17.0 Å². The molecule has 0 unspecified atom stereocenters. The molecule has 3 aliphatic heterocycles. The second-order valence-electron chi connectivity index (χ2n) is 7.00. The second kappa shape index (κ2) is 5.31. The predicted molar refractivity (Wildman–Crippen MR) is 88.0 cm³/mol. The van der Waals surface area contributed by atoms with Crippen molar-refractivity contribution in [3.8, 4) is 0 Å². The average molecular weight is 334 g/mol. The molecule has 0 bridgehead atoms. The molecular formula is C17H22N2O3S. The number of sulfonamides is 1. The largest absolute Gasteiger partial charge is 0.312 e. The third kappa shape index (κ3) is 2.39. The Bertz CT molecular complexity index is 772. The fraction of sp³-hybridized carbons (Fsp3) is 0.588. The fourth-order valence-electron chi connectivity index (χ4n) is 4.09. The molecule has 3 heterocycles. The third-order valence-corrected chi connectivity index (χ3v) is 7.13. The van der Waals surface area contributed by atoms with Gasteiger partial charge < -0.3 is 4.90 Å². The quantitative estimate of drug-likeness (QED) is 0.830. The molecule has 1 amide bonds. The van der Waals surface area contributed by atoms with Crippen LogP contribution in [0.4, 0.5) is 5.69 Å². The van der Waals surface area contributed by atoms with Crippen molar-refractivity contribution in [2.75, 3.05) is 24.5 Å². The van der Waals surface area contributed by atoms with Crippen molar-refractivity contribution >= 4 is 21.6 Å². The number of aryl methyl sites for hydroxylation is 1. The van der Waals surface area contributed by atoms with Crippen LogP contribution in [-0.2, 0) is 27.7 Å². The molecule has 0 N–H and O–H groups in total. The summed E-state index contributed by atoms with van der Waals surface area (Å²) in [6, 6.07) is 3.60. The van der Waals surface area contributed by atoms with E-state index in [0.29, 0.717) is 43.3 Å². The molecule has 5 nitrogen and oxygen atoms in total. The maximum Gasteiger partial charge on any atom is 0.243 e. The molecule has 4 rings (SSSR count). The summed E-state index contributed by atoms with van der Waals surface area (Å²) in [5.41, 5.74) is 3.01. The van der Waals surface area contributed by atoms with Gasteiger partial charge in [-0.15, -0.1) is 0 Å². The third-order valence-electron chi connectivity index (χ3n) is 5.28. The topological polar surface area (TPSA) is 57.7 Å². The van der Waals surface area contributed by atoms with E-state index >= 15 is 0 Å². The molecule has 6 heteroatoms. The van der Waals surface area contributed by atoms with Gasteiger partial charge in [0.05, 0.1) is 10.6 Å². The Balaban J connectivity index is 1.75. The lowest BCUT2D eigenvalue weighted by Gasteiger charge is -2.31. The van der Waals surface area contributed by atoms with Gasteiger partial charge in [-0.05, 0) is 54.9 Å². The molecule has 1 fully saturated rings. The van der Waals surface area contributed by atoms with Gasteiger partial charge in [-0.3, -0.25) is 4.79 Å². The van der Waals surface area contributed by atoms with Gasteiger partial charge in [0, 0.05) is 26.1 Å². The van der Waals surface area contributed by atoms with Gasteiger partial charge in [0.1, 0.15) is 0 Å². The van der Waals surface area contributed by atoms with Crippen molar-refractivity contribution in [3.05, 3.63) is 23.3 Å². The molecule has 124 valence electrons. The Kier molecular flexibility index (Phi) is 3.50. The number of benzene rings is 1. The van der Waals surface area contributed by atoms with Gasteiger partial charge in [0.15, 0.2) is 0 Å². The van der Waals surface area contributed by atoms with E-state index in [1.807, 2.05) is 4.90 Å². The summed E-state index contributed by atoms with van der Waals surface area (Å²) in [7, 11) is -3.43.